The van der Waals surface area contributed by atoms with Gasteiger partial charge in [0.25, 0.3) is 0 Å². The molecule has 0 radical (unpaired) electrons. The molecule has 16 heavy (non-hydrogen) atoms. The molecule has 0 bridgehead atoms. The lowest BCUT2D eigenvalue weighted by Crippen LogP contribution is -2.07. The van der Waals surface area contributed by atoms with Crippen LogP contribution in [0.25, 0.3) is 0 Å². The Morgan fingerprint density at radius 1 is 1.44 bits per heavy atom. The number of allylic oxidation sites excluding steroid dienone is 3. The van der Waals surface area contributed by atoms with E-state index in [1.807, 2.05) is 25.3 Å². The largest absolute Gasteiger partial charge is 0.288 e. The zero-order valence-corrected chi connectivity index (χ0v) is 10.2. The average Bonchev–Trinajstić information content (AvgIpc) is 2.29. The first-order valence-electron chi connectivity index (χ1n) is 5.18. The van der Waals surface area contributed by atoms with Gasteiger partial charge >= 0.3 is 0 Å². The second-order valence-corrected chi connectivity index (χ2v) is 4.68. The normalized spacial score (nSPS) is 15.4. The van der Waals surface area contributed by atoms with E-state index in [1.54, 1.807) is 12.3 Å². The van der Waals surface area contributed by atoms with Gasteiger partial charge in [-0.15, -0.1) is 0 Å². The van der Waals surface area contributed by atoms with Crippen LogP contribution >= 0.6 is 11.8 Å². The van der Waals surface area contributed by atoms with Crippen molar-refractivity contribution in [2.45, 2.75) is 20.3 Å². The molecule has 0 saturated carbocycles. The Morgan fingerprint density at radius 3 is 2.94 bits per heavy atom. The van der Waals surface area contributed by atoms with E-state index < -0.39 is 0 Å². The molecular formula is C13H13NOS. The molecular weight excluding hydrogens is 218 g/mol. The summed E-state index contributed by atoms with van der Waals surface area (Å²) < 4.78 is 0. The highest BCUT2D eigenvalue weighted by Gasteiger charge is 2.18. The molecule has 0 spiro atoms. The number of pyridine rings is 1. The highest BCUT2D eigenvalue weighted by atomic mass is 32.2. The van der Waals surface area contributed by atoms with E-state index in [9.17, 15) is 4.79 Å². The van der Waals surface area contributed by atoms with Crippen LogP contribution in [0.15, 0.2) is 40.3 Å². The molecule has 0 saturated heterocycles. The summed E-state index contributed by atoms with van der Waals surface area (Å²) in [7, 11) is 0. The number of nitrogens with zero attached hydrogens (tertiary/aromatic N) is 1. The second kappa shape index (κ2) is 4.66. The molecule has 0 aromatic carbocycles. The van der Waals surface area contributed by atoms with Crippen LogP contribution in [0.3, 0.4) is 0 Å². The molecule has 1 aliphatic heterocycles. The molecule has 82 valence electrons. The molecule has 0 unspecified atom stereocenters. The summed E-state index contributed by atoms with van der Waals surface area (Å²) in [5.41, 5.74) is 2.64. The predicted octanol–water partition coefficient (Wildman–Crippen LogP) is 3.50. The van der Waals surface area contributed by atoms with E-state index in [2.05, 4.69) is 11.1 Å². The number of Topliss-reactive ketones (excluding diaryl/α,β-unsaturated/α-hetero) is 1. The molecule has 0 N–H and O–H groups in total. The van der Waals surface area contributed by atoms with Crippen molar-refractivity contribution in [3.63, 3.8) is 0 Å². The van der Waals surface area contributed by atoms with E-state index in [0.29, 0.717) is 5.56 Å². The smallest absolute Gasteiger partial charge is 0.201 e. The molecule has 2 heterocycles. The Hall–Kier alpha value is -1.35. The zero-order chi connectivity index (χ0) is 11.5. The fraction of sp³-hybridized carbons (Fsp3) is 0.231. The van der Waals surface area contributed by atoms with Crippen molar-refractivity contribution in [3.8, 4) is 0 Å². The molecule has 0 aliphatic carbocycles. The van der Waals surface area contributed by atoms with E-state index in [-0.39, 0.29) is 5.78 Å². The van der Waals surface area contributed by atoms with Gasteiger partial charge in [0.1, 0.15) is 0 Å². The number of carbonyl (C=O) groups excluding carboxylic acids is 1. The summed E-state index contributed by atoms with van der Waals surface area (Å²) in [5, 5.41) is 1.98. The molecule has 0 amide bonds. The SMILES string of the molecule is CC1=C(C(=O)c2cccnc2C)SC=CC1. The molecule has 1 aromatic rings. The Balaban J connectivity index is 2.36. The third kappa shape index (κ3) is 2.09. The van der Waals surface area contributed by atoms with Gasteiger partial charge < -0.3 is 0 Å². The lowest BCUT2D eigenvalue weighted by Gasteiger charge is -2.12. The Kier molecular flexibility index (Phi) is 3.25. The summed E-state index contributed by atoms with van der Waals surface area (Å²) in [6.07, 6.45) is 4.65. The first kappa shape index (κ1) is 11.1. The van der Waals surface area contributed by atoms with Gasteiger partial charge in [-0.05, 0) is 37.8 Å². The second-order valence-electron chi connectivity index (χ2n) is 3.77. The number of ketones is 1. The van der Waals surface area contributed by atoms with Crippen molar-refractivity contribution >= 4 is 17.5 Å². The number of rotatable bonds is 2. The minimum atomic E-state index is 0.0949. The van der Waals surface area contributed by atoms with E-state index in [1.165, 1.54) is 11.8 Å². The van der Waals surface area contributed by atoms with Gasteiger partial charge in [-0.2, -0.15) is 0 Å². The summed E-state index contributed by atoms with van der Waals surface area (Å²) in [6, 6.07) is 3.64. The van der Waals surface area contributed by atoms with Gasteiger partial charge in [-0.3, -0.25) is 9.78 Å². The third-order valence-corrected chi connectivity index (χ3v) is 3.65. The fourth-order valence-electron chi connectivity index (χ4n) is 1.63. The number of hydrogen-bond donors (Lipinski definition) is 0. The molecule has 0 fully saturated rings. The van der Waals surface area contributed by atoms with Gasteiger partial charge in [0, 0.05) is 17.5 Å². The van der Waals surface area contributed by atoms with Crippen LogP contribution in [0.2, 0.25) is 0 Å². The van der Waals surface area contributed by atoms with Gasteiger partial charge in [0.2, 0.25) is 5.78 Å². The van der Waals surface area contributed by atoms with Crippen molar-refractivity contribution in [3.05, 3.63) is 51.5 Å². The van der Waals surface area contributed by atoms with Gasteiger partial charge in [-0.25, -0.2) is 0 Å². The van der Waals surface area contributed by atoms with Gasteiger partial charge in [-0.1, -0.05) is 23.4 Å². The van der Waals surface area contributed by atoms with Crippen molar-refractivity contribution in [2.24, 2.45) is 0 Å². The van der Waals surface area contributed by atoms with Crippen molar-refractivity contribution in [2.75, 3.05) is 0 Å². The Morgan fingerprint density at radius 2 is 2.25 bits per heavy atom. The maximum atomic E-state index is 12.3. The number of hydrogen-bond acceptors (Lipinski definition) is 3. The number of aromatic nitrogens is 1. The van der Waals surface area contributed by atoms with Crippen molar-refractivity contribution < 1.29 is 4.79 Å². The van der Waals surface area contributed by atoms with E-state index in [0.717, 1.165) is 22.6 Å². The van der Waals surface area contributed by atoms with Crippen LogP contribution in [-0.4, -0.2) is 10.8 Å². The lowest BCUT2D eigenvalue weighted by atomic mass is 10.1. The topological polar surface area (TPSA) is 30.0 Å². The Bertz CT molecular complexity index is 488. The van der Waals surface area contributed by atoms with Crippen LogP contribution < -0.4 is 0 Å². The van der Waals surface area contributed by atoms with Gasteiger partial charge in [0.05, 0.1) is 4.91 Å². The van der Waals surface area contributed by atoms with Crippen molar-refractivity contribution in [1.82, 2.24) is 4.98 Å². The highest BCUT2D eigenvalue weighted by Crippen LogP contribution is 2.31. The van der Waals surface area contributed by atoms with E-state index >= 15 is 0 Å². The van der Waals surface area contributed by atoms with Crippen LogP contribution in [0.1, 0.15) is 29.4 Å². The monoisotopic (exact) mass is 231 g/mol. The molecule has 0 atom stereocenters. The highest BCUT2D eigenvalue weighted by molar-refractivity contribution is 8.06. The quantitative estimate of drug-likeness (QED) is 0.730. The first-order valence-corrected chi connectivity index (χ1v) is 6.06. The minimum Gasteiger partial charge on any atom is -0.288 e. The summed E-state index contributed by atoms with van der Waals surface area (Å²) in [6.45, 7) is 3.88. The zero-order valence-electron chi connectivity index (χ0n) is 9.36. The molecule has 1 aliphatic rings. The van der Waals surface area contributed by atoms with E-state index in [4.69, 9.17) is 0 Å². The predicted molar refractivity (Wildman–Crippen MR) is 67.4 cm³/mol. The average molecular weight is 231 g/mol. The lowest BCUT2D eigenvalue weighted by molar-refractivity contribution is 0.104. The molecule has 1 aromatic heterocycles. The Labute approximate surface area is 99.5 Å². The molecule has 3 heteroatoms. The van der Waals surface area contributed by atoms with Crippen LogP contribution in [0.4, 0.5) is 0 Å². The number of aryl methyl sites for hydroxylation is 1. The summed E-state index contributed by atoms with van der Waals surface area (Å²) in [5.74, 6) is 0.0949. The summed E-state index contributed by atoms with van der Waals surface area (Å²) in [4.78, 5) is 17.3. The molecule has 2 nitrogen and oxygen atoms in total. The third-order valence-electron chi connectivity index (χ3n) is 2.55. The number of thioether (sulfide) groups is 1. The number of carbonyl (C=O) groups is 1. The van der Waals surface area contributed by atoms with Crippen LogP contribution in [-0.2, 0) is 0 Å². The minimum absolute atomic E-state index is 0.0949. The fourth-order valence-corrected chi connectivity index (χ4v) is 2.46. The van der Waals surface area contributed by atoms with Crippen LogP contribution in [0, 0.1) is 6.92 Å². The van der Waals surface area contributed by atoms with Gasteiger partial charge in [0.15, 0.2) is 0 Å². The molecule has 2 rings (SSSR count). The van der Waals surface area contributed by atoms with Crippen molar-refractivity contribution in [1.29, 1.82) is 0 Å². The maximum Gasteiger partial charge on any atom is 0.201 e. The maximum absolute atomic E-state index is 12.3. The summed E-state index contributed by atoms with van der Waals surface area (Å²) >= 11 is 1.50. The standard InChI is InChI=1S/C13H13NOS/c1-9-5-4-8-16-13(9)12(15)11-6-3-7-14-10(11)2/h3-4,6-8H,5H2,1-2H3. The van der Waals surface area contributed by atoms with Crippen LogP contribution in [0.5, 0.6) is 0 Å². The first-order chi connectivity index (χ1) is 7.70.